The Hall–Kier alpha value is -2.25. The minimum atomic E-state index is -0.117. The van der Waals surface area contributed by atoms with Crippen molar-refractivity contribution < 1.29 is 0 Å². The minimum Gasteiger partial charge on any atom is -0.360 e. The first kappa shape index (κ1) is 17.6. The average molecular weight is 357 g/mol. The van der Waals surface area contributed by atoms with Crippen LogP contribution in [0.5, 0.6) is 0 Å². The molecule has 0 aliphatic carbocycles. The van der Waals surface area contributed by atoms with E-state index in [2.05, 4.69) is 51.6 Å². The summed E-state index contributed by atoms with van der Waals surface area (Å²) >= 11 is 1.42. The van der Waals surface area contributed by atoms with E-state index in [0.29, 0.717) is 4.96 Å². The zero-order valence-electron chi connectivity index (χ0n) is 14.6. The first-order chi connectivity index (χ1) is 12.2. The number of aromatic nitrogens is 3. The number of rotatable bonds is 8. The molecule has 6 nitrogen and oxygen atoms in total. The van der Waals surface area contributed by atoms with E-state index in [0.717, 1.165) is 43.3 Å². The predicted octanol–water partition coefficient (Wildman–Crippen LogP) is 2.65. The largest absolute Gasteiger partial charge is 0.360 e. The van der Waals surface area contributed by atoms with E-state index in [9.17, 15) is 4.79 Å². The Bertz CT molecular complexity index is 874. The van der Waals surface area contributed by atoms with Gasteiger partial charge in [0.05, 0.1) is 0 Å². The van der Waals surface area contributed by atoms with Crippen LogP contribution in [0.1, 0.15) is 24.6 Å². The Morgan fingerprint density at radius 1 is 1.28 bits per heavy atom. The molecule has 0 aliphatic rings. The van der Waals surface area contributed by atoms with Crippen LogP contribution in [0.3, 0.4) is 0 Å². The van der Waals surface area contributed by atoms with E-state index >= 15 is 0 Å². The molecule has 1 aromatic carbocycles. The SMILES string of the molecule is CCc1cc(=O)n2nc(NCCCN(C)Cc3ccccc3)sc2n1. The molecule has 0 unspecified atom stereocenters. The summed E-state index contributed by atoms with van der Waals surface area (Å²) in [6.45, 7) is 4.74. The second-order valence-corrected chi connectivity index (χ2v) is 7.00. The maximum absolute atomic E-state index is 12.0. The fourth-order valence-electron chi connectivity index (χ4n) is 2.63. The summed E-state index contributed by atoms with van der Waals surface area (Å²) in [5, 5.41) is 8.35. The van der Waals surface area contributed by atoms with Gasteiger partial charge in [0.25, 0.3) is 5.56 Å². The van der Waals surface area contributed by atoms with Crippen LogP contribution < -0.4 is 10.9 Å². The van der Waals surface area contributed by atoms with E-state index in [1.807, 2.05) is 13.0 Å². The summed E-state index contributed by atoms with van der Waals surface area (Å²) in [5.41, 5.74) is 2.01. The average Bonchev–Trinajstić information content (AvgIpc) is 3.03. The summed E-state index contributed by atoms with van der Waals surface area (Å²) in [6.07, 6.45) is 1.75. The number of hydrogen-bond donors (Lipinski definition) is 1. The third kappa shape index (κ3) is 4.64. The van der Waals surface area contributed by atoms with Gasteiger partial charge >= 0.3 is 0 Å². The van der Waals surface area contributed by atoms with Gasteiger partial charge in [0.1, 0.15) is 0 Å². The molecular weight excluding hydrogens is 334 g/mol. The van der Waals surface area contributed by atoms with Crippen molar-refractivity contribution in [2.24, 2.45) is 0 Å². The Balaban J connectivity index is 1.50. The van der Waals surface area contributed by atoms with E-state index in [-0.39, 0.29) is 5.56 Å². The Morgan fingerprint density at radius 2 is 2.08 bits per heavy atom. The van der Waals surface area contributed by atoms with Crippen LogP contribution in [0.2, 0.25) is 0 Å². The molecule has 0 amide bonds. The number of hydrogen-bond acceptors (Lipinski definition) is 6. The highest BCUT2D eigenvalue weighted by molar-refractivity contribution is 7.20. The number of benzene rings is 1. The maximum Gasteiger partial charge on any atom is 0.275 e. The molecule has 7 heteroatoms. The molecule has 0 bridgehead atoms. The fraction of sp³-hybridized carbons (Fsp3) is 0.389. The highest BCUT2D eigenvalue weighted by Gasteiger charge is 2.08. The van der Waals surface area contributed by atoms with Crippen LogP contribution in [0.25, 0.3) is 4.96 Å². The Kier molecular flexibility index (Phi) is 5.78. The van der Waals surface area contributed by atoms with Crippen molar-refractivity contribution >= 4 is 21.4 Å². The summed E-state index contributed by atoms with van der Waals surface area (Å²) < 4.78 is 1.37. The number of nitrogens with one attached hydrogen (secondary N) is 1. The quantitative estimate of drug-likeness (QED) is 0.628. The maximum atomic E-state index is 12.0. The van der Waals surface area contributed by atoms with E-state index in [1.54, 1.807) is 6.07 Å². The number of anilines is 1. The number of aryl methyl sites for hydroxylation is 1. The van der Waals surface area contributed by atoms with Crippen molar-refractivity contribution in [3.05, 3.63) is 58.0 Å². The van der Waals surface area contributed by atoms with Gasteiger partial charge in [-0.1, -0.05) is 48.6 Å². The summed E-state index contributed by atoms with van der Waals surface area (Å²) in [6, 6.07) is 12.0. The zero-order valence-corrected chi connectivity index (χ0v) is 15.4. The monoisotopic (exact) mass is 357 g/mol. The van der Waals surface area contributed by atoms with Crippen LogP contribution in [-0.2, 0) is 13.0 Å². The molecule has 1 N–H and O–H groups in total. The first-order valence-electron chi connectivity index (χ1n) is 8.52. The van der Waals surface area contributed by atoms with Gasteiger partial charge in [-0.05, 0) is 32.0 Å². The molecule has 0 radical (unpaired) electrons. The van der Waals surface area contributed by atoms with Gasteiger partial charge in [0, 0.05) is 24.8 Å². The second kappa shape index (κ2) is 8.22. The molecule has 0 aliphatic heterocycles. The van der Waals surface area contributed by atoms with Crippen molar-refractivity contribution in [1.29, 1.82) is 0 Å². The molecule has 0 saturated carbocycles. The van der Waals surface area contributed by atoms with Crippen LogP contribution in [0, 0.1) is 0 Å². The third-order valence-electron chi connectivity index (χ3n) is 3.95. The molecule has 0 fully saturated rings. The van der Waals surface area contributed by atoms with Crippen LogP contribution in [0.15, 0.2) is 41.2 Å². The Labute approximate surface area is 151 Å². The highest BCUT2D eigenvalue weighted by atomic mass is 32.1. The fourth-order valence-corrected chi connectivity index (χ4v) is 3.48. The predicted molar refractivity (Wildman–Crippen MR) is 102 cm³/mol. The highest BCUT2D eigenvalue weighted by Crippen LogP contribution is 2.16. The molecule has 0 atom stereocenters. The Morgan fingerprint density at radius 3 is 2.84 bits per heavy atom. The summed E-state index contributed by atoms with van der Waals surface area (Å²) in [7, 11) is 2.13. The lowest BCUT2D eigenvalue weighted by molar-refractivity contribution is 0.325. The van der Waals surface area contributed by atoms with Gasteiger partial charge < -0.3 is 10.2 Å². The van der Waals surface area contributed by atoms with Crippen molar-refractivity contribution in [2.45, 2.75) is 26.3 Å². The molecule has 3 aromatic rings. The van der Waals surface area contributed by atoms with Crippen molar-refractivity contribution in [1.82, 2.24) is 19.5 Å². The topological polar surface area (TPSA) is 62.5 Å². The van der Waals surface area contributed by atoms with Gasteiger partial charge in [-0.15, -0.1) is 5.10 Å². The number of fused-ring (bicyclic) bond motifs is 1. The number of nitrogens with zero attached hydrogens (tertiary/aromatic N) is 4. The molecule has 3 rings (SSSR count). The van der Waals surface area contributed by atoms with Crippen molar-refractivity contribution in [3.63, 3.8) is 0 Å². The summed E-state index contributed by atoms with van der Waals surface area (Å²) in [4.78, 5) is 19.4. The molecule has 0 spiro atoms. The van der Waals surface area contributed by atoms with Crippen molar-refractivity contribution in [3.8, 4) is 0 Å². The van der Waals surface area contributed by atoms with Crippen molar-refractivity contribution in [2.75, 3.05) is 25.5 Å². The first-order valence-corrected chi connectivity index (χ1v) is 9.33. The molecule has 2 heterocycles. The van der Waals surface area contributed by atoms with E-state index < -0.39 is 0 Å². The molecule has 25 heavy (non-hydrogen) atoms. The molecular formula is C18H23N5OS. The summed E-state index contributed by atoms with van der Waals surface area (Å²) in [5.74, 6) is 0. The standard InChI is InChI=1S/C18H23N5OS/c1-3-15-12-16(24)23-18(20-15)25-17(21-23)19-10-7-11-22(2)13-14-8-5-4-6-9-14/h4-6,8-9,12H,3,7,10-11,13H2,1-2H3,(H,19,21). The van der Waals surface area contributed by atoms with Crippen LogP contribution >= 0.6 is 11.3 Å². The van der Waals surface area contributed by atoms with E-state index in [4.69, 9.17) is 0 Å². The van der Waals surface area contributed by atoms with Gasteiger partial charge in [-0.3, -0.25) is 4.79 Å². The zero-order chi connectivity index (χ0) is 17.6. The lowest BCUT2D eigenvalue weighted by atomic mass is 10.2. The molecule has 2 aromatic heterocycles. The lowest BCUT2D eigenvalue weighted by Crippen LogP contribution is -2.21. The second-order valence-electron chi connectivity index (χ2n) is 6.04. The van der Waals surface area contributed by atoms with Crippen LogP contribution in [0.4, 0.5) is 5.13 Å². The van der Waals surface area contributed by atoms with Gasteiger partial charge in [0.2, 0.25) is 10.1 Å². The normalized spacial score (nSPS) is 11.3. The molecule has 132 valence electrons. The van der Waals surface area contributed by atoms with Crippen LogP contribution in [-0.4, -0.2) is 39.6 Å². The lowest BCUT2D eigenvalue weighted by Gasteiger charge is -2.16. The van der Waals surface area contributed by atoms with Gasteiger partial charge in [0.15, 0.2) is 0 Å². The van der Waals surface area contributed by atoms with Gasteiger partial charge in [-0.2, -0.15) is 4.52 Å². The van der Waals surface area contributed by atoms with E-state index in [1.165, 1.54) is 21.4 Å². The third-order valence-corrected chi connectivity index (χ3v) is 4.81. The van der Waals surface area contributed by atoms with Gasteiger partial charge in [-0.25, -0.2) is 4.98 Å². The minimum absolute atomic E-state index is 0.117. The smallest absolute Gasteiger partial charge is 0.275 e. The molecule has 0 saturated heterocycles.